The molecule has 2 unspecified atom stereocenters. The van der Waals surface area contributed by atoms with E-state index in [4.69, 9.17) is 0 Å². The number of thioether (sulfide) groups is 2. The van der Waals surface area contributed by atoms with E-state index in [-0.39, 0.29) is 22.7 Å². The van der Waals surface area contributed by atoms with Gasteiger partial charge in [0.05, 0.1) is 4.87 Å². The third-order valence-corrected chi connectivity index (χ3v) is 6.32. The van der Waals surface area contributed by atoms with Crippen molar-refractivity contribution in [3.63, 3.8) is 0 Å². The van der Waals surface area contributed by atoms with Crippen LogP contribution in [-0.2, 0) is 9.59 Å². The summed E-state index contributed by atoms with van der Waals surface area (Å²) in [6.45, 7) is 2.06. The zero-order valence-electron chi connectivity index (χ0n) is 12.1. The third kappa shape index (κ3) is 2.66. The third-order valence-electron chi connectivity index (χ3n) is 4.08. The lowest BCUT2D eigenvalue weighted by molar-refractivity contribution is -0.135. The fraction of sp³-hybridized carbons (Fsp3) is 0.467. The number of amides is 2. The standard InChI is InChI=1S/C15H18N2O2S2/c1-15-7-6-13(18)17(15)12(9-21-15)14(19)16-10-4-3-5-11(8-10)20-2/h3-5,8,12H,6-7,9H2,1-2H3,(H,16,19). The molecule has 0 aromatic heterocycles. The van der Waals surface area contributed by atoms with Crippen LogP contribution in [0.1, 0.15) is 19.8 Å². The molecule has 2 amide bonds. The van der Waals surface area contributed by atoms with Gasteiger partial charge in [0, 0.05) is 22.8 Å². The molecule has 6 heteroatoms. The van der Waals surface area contributed by atoms with Gasteiger partial charge >= 0.3 is 0 Å². The lowest BCUT2D eigenvalue weighted by Gasteiger charge is -2.29. The van der Waals surface area contributed by atoms with Crippen molar-refractivity contribution in [2.45, 2.75) is 35.6 Å². The molecule has 0 aliphatic carbocycles. The average molecular weight is 322 g/mol. The molecule has 2 heterocycles. The van der Waals surface area contributed by atoms with Crippen molar-refractivity contribution in [2.75, 3.05) is 17.3 Å². The van der Waals surface area contributed by atoms with Crippen LogP contribution in [0.5, 0.6) is 0 Å². The summed E-state index contributed by atoms with van der Waals surface area (Å²) in [4.78, 5) is 27.3. The van der Waals surface area contributed by atoms with Gasteiger partial charge in [0.2, 0.25) is 11.8 Å². The van der Waals surface area contributed by atoms with Crippen LogP contribution in [0, 0.1) is 0 Å². The summed E-state index contributed by atoms with van der Waals surface area (Å²) in [5, 5.41) is 2.95. The van der Waals surface area contributed by atoms with Gasteiger partial charge < -0.3 is 10.2 Å². The molecule has 2 fully saturated rings. The SMILES string of the molecule is CSc1cccc(NC(=O)C2CSC3(C)CCC(=O)N23)c1. The molecule has 0 radical (unpaired) electrons. The molecule has 0 spiro atoms. The number of carbonyl (C=O) groups excluding carboxylic acids is 2. The number of hydrogen-bond acceptors (Lipinski definition) is 4. The Morgan fingerprint density at radius 2 is 2.33 bits per heavy atom. The summed E-state index contributed by atoms with van der Waals surface area (Å²) in [5.74, 6) is 0.691. The van der Waals surface area contributed by atoms with E-state index in [1.165, 1.54) is 0 Å². The Morgan fingerprint density at radius 1 is 1.52 bits per heavy atom. The number of anilines is 1. The largest absolute Gasteiger partial charge is 0.324 e. The van der Waals surface area contributed by atoms with E-state index in [0.29, 0.717) is 12.2 Å². The molecule has 112 valence electrons. The lowest BCUT2D eigenvalue weighted by atomic mass is 10.2. The van der Waals surface area contributed by atoms with Gasteiger partial charge in [-0.2, -0.15) is 0 Å². The first kappa shape index (κ1) is 14.8. The van der Waals surface area contributed by atoms with Crippen LogP contribution in [0.3, 0.4) is 0 Å². The van der Waals surface area contributed by atoms with Gasteiger partial charge in [0.1, 0.15) is 6.04 Å². The highest BCUT2D eigenvalue weighted by Crippen LogP contribution is 2.47. The Morgan fingerprint density at radius 3 is 3.10 bits per heavy atom. The van der Waals surface area contributed by atoms with E-state index in [1.54, 1.807) is 28.4 Å². The van der Waals surface area contributed by atoms with E-state index in [0.717, 1.165) is 17.0 Å². The molecule has 1 aromatic carbocycles. The zero-order chi connectivity index (χ0) is 15.0. The highest BCUT2D eigenvalue weighted by Gasteiger charge is 2.52. The van der Waals surface area contributed by atoms with Crippen LogP contribution < -0.4 is 5.32 Å². The molecule has 2 saturated heterocycles. The number of fused-ring (bicyclic) bond motifs is 1. The smallest absolute Gasteiger partial charge is 0.248 e. The second-order valence-corrected chi connectivity index (χ2v) is 7.87. The van der Waals surface area contributed by atoms with E-state index < -0.39 is 0 Å². The van der Waals surface area contributed by atoms with E-state index in [9.17, 15) is 9.59 Å². The Bertz CT molecular complexity index is 593. The summed E-state index contributed by atoms with van der Waals surface area (Å²) in [5.41, 5.74) is 0.789. The van der Waals surface area contributed by atoms with Crippen LogP contribution >= 0.6 is 23.5 Å². The molecule has 2 atom stereocenters. The summed E-state index contributed by atoms with van der Waals surface area (Å²) in [7, 11) is 0. The Kier molecular flexibility index (Phi) is 3.92. The minimum absolute atomic E-state index is 0.0836. The average Bonchev–Trinajstić information content (AvgIpc) is 2.96. The monoisotopic (exact) mass is 322 g/mol. The van der Waals surface area contributed by atoms with Crippen molar-refractivity contribution in [1.82, 2.24) is 4.90 Å². The molecule has 21 heavy (non-hydrogen) atoms. The molecular formula is C15H18N2O2S2. The van der Waals surface area contributed by atoms with Gasteiger partial charge in [0.25, 0.3) is 0 Å². The van der Waals surface area contributed by atoms with Gasteiger partial charge in [-0.15, -0.1) is 23.5 Å². The van der Waals surface area contributed by atoms with E-state index >= 15 is 0 Å². The first-order valence-electron chi connectivity index (χ1n) is 6.94. The van der Waals surface area contributed by atoms with Gasteiger partial charge in [-0.3, -0.25) is 9.59 Å². The van der Waals surface area contributed by atoms with Crippen molar-refractivity contribution in [2.24, 2.45) is 0 Å². The fourth-order valence-corrected chi connectivity index (χ4v) is 4.83. The number of carbonyl (C=O) groups is 2. The Balaban J connectivity index is 1.75. The number of nitrogens with zero attached hydrogens (tertiary/aromatic N) is 1. The van der Waals surface area contributed by atoms with Gasteiger partial charge in [0.15, 0.2) is 0 Å². The quantitative estimate of drug-likeness (QED) is 0.870. The van der Waals surface area contributed by atoms with Crippen LogP contribution in [0.4, 0.5) is 5.69 Å². The van der Waals surface area contributed by atoms with Crippen molar-refractivity contribution >= 4 is 41.0 Å². The highest BCUT2D eigenvalue weighted by molar-refractivity contribution is 8.01. The van der Waals surface area contributed by atoms with Crippen molar-refractivity contribution in [3.05, 3.63) is 24.3 Å². The molecule has 2 aliphatic rings. The second-order valence-electron chi connectivity index (χ2n) is 5.49. The Hall–Kier alpha value is -1.14. The minimum atomic E-state index is -0.354. The number of rotatable bonds is 3. The Labute approximate surface area is 133 Å². The fourth-order valence-electron chi connectivity index (χ4n) is 2.94. The number of benzene rings is 1. The zero-order valence-corrected chi connectivity index (χ0v) is 13.7. The first-order chi connectivity index (χ1) is 10.0. The molecule has 3 rings (SSSR count). The molecule has 0 saturated carbocycles. The maximum absolute atomic E-state index is 12.5. The normalized spacial score (nSPS) is 27.8. The first-order valence-corrected chi connectivity index (χ1v) is 9.15. The van der Waals surface area contributed by atoms with E-state index in [1.807, 2.05) is 30.5 Å². The topological polar surface area (TPSA) is 49.4 Å². The summed E-state index contributed by atoms with van der Waals surface area (Å²) >= 11 is 3.35. The molecule has 2 aliphatic heterocycles. The van der Waals surface area contributed by atoms with Crippen LogP contribution in [0.2, 0.25) is 0 Å². The van der Waals surface area contributed by atoms with Crippen molar-refractivity contribution in [1.29, 1.82) is 0 Å². The maximum Gasteiger partial charge on any atom is 0.248 e. The van der Waals surface area contributed by atoms with Crippen molar-refractivity contribution in [3.8, 4) is 0 Å². The van der Waals surface area contributed by atoms with Crippen LogP contribution in [0.25, 0.3) is 0 Å². The van der Waals surface area contributed by atoms with Crippen LogP contribution in [-0.4, -0.2) is 39.6 Å². The van der Waals surface area contributed by atoms with E-state index in [2.05, 4.69) is 12.2 Å². The number of hydrogen-bond donors (Lipinski definition) is 1. The molecular weight excluding hydrogens is 304 g/mol. The number of nitrogens with one attached hydrogen (secondary N) is 1. The predicted octanol–water partition coefficient (Wildman–Crippen LogP) is 2.80. The molecule has 4 nitrogen and oxygen atoms in total. The summed E-state index contributed by atoms with van der Waals surface area (Å²) in [6, 6.07) is 7.41. The summed E-state index contributed by atoms with van der Waals surface area (Å²) < 4.78 is 0. The van der Waals surface area contributed by atoms with Gasteiger partial charge in [-0.25, -0.2) is 0 Å². The second kappa shape index (κ2) is 5.57. The minimum Gasteiger partial charge on any atom is -0.324 e. The molecule has 0 bridgehead atoms. The van der Waals surface area contributed by atoms with Crippen molar-refractivity contribution < 1.29 is 9.59 Å². The highest BCUT2D eigenvalue weighted by atomic mass is 32.2. The lowest BCUT2D eigenvalue weighted by Crippen LogP contribution is -2.48. The summed E-state index contributed by atoms with van der Waals surface area (Å²) in [6.07, 6.45) is 3.39. The van der Waals surface area contributed by atoms with Crippen LogP contribution in [0.15, 0.2) is 29.2 Å². The molecule has 1 N–H and O–H groups in total. The molecule has 1 aromatic rings. The van der Waals surface area contributed by atoms with Gasteiger partial charge in [-0.1, -0.05) is 6.07 Å². The van der Waals surface area contributed by atoms with Gasteiger partial charge in [-0.05, 0) is 37.8 Å². The maximum atomic E-state index is 12.5. The predicted molar refractivity (Wildman–Crippen MR) is 87.6 cm³/mol.